The Morgan fingerprint density at radius 3 is 2.66 bits per heavy atom. The Morgan fingerprint density at radius 2 is 1.92 bits per heavy atom. The van der Waals surface area contributed by atoms with Crippen molar-refractivity contribution in [1.29, 1.82) is 0 Å². The molecular weight excluding hydrogens is 496 g/mol. The number of hydrogen-bond donors (Lipinski definition) is 2. The molecule has 1 aromatic carbocycles. The maximum absolute atomic E-state index is 13.0. The molecule has 2 N–H and O–H groups in total. The predicted octanol–water partition coefficient (Wildman–Crippen LogP) is 4.89. The Bertz CT molecular complexity index is 1440. The fourth-order valence-corrected chi connectivity index (χ4v) is 5.47. The normalized spacial score (nSPS) is 16.8. The third-order valence-corrected chi connectivity index (χ3v) is 7.20. The monoisotopic (exact) mass is 526 g/mol. The van der Waals surface area contributed by atoms with Gasteiger partial charge < -0.3 is 24.8 Å². The van der Waals surface area contributed by atoms with Crippen molar-refractivity contribution in [2.24, 2.45) is 0 Å². The van der Waals surface area contributed by atoms with Crippen molar-refractivity contribution in [3.63, 3.8) is 0 Å². The summed E-state index contributed by atoms with van der Waals surface area (Å²) in [5.41, 5.74) is 5.85. The van der Waals surface area contributed by atoms with Crippen LogP contribution in [0.2, 0.25) is 0 Å². The second-order valence-electron chi connectivity index (χ2n) is 9.19. The maximum atomic E-state index is 13.0. The highest BCUT2D eigenvalue weighted by molar-refractivity contribution is 7.80. The summed E-state index contributed by atoms with van der Waals surface area (Å²) in [5, 5.41) is 7.04. The van der Waals surface area contributed by atoms with Crippen LogP contribution in [-0.4, -0.2) is 44.1 Å². The molecule has 1 aliphatic rings. The molecular formula is C29H30N6O2S. The van der Waals surface area contributed by atoms with Crippen LogP contribution in [0.15, 0.2) is 79.3 Å². The van der Waals surface area contributed by atoms with Gasteiger partial charge in [0.05, 0.1) is 42.5 Å². The quantitative estimate of drug-likeness (QED) is 0.316. The lowest BCUT2D eigenvalue weighted by Gasteiger charge is -2.28. The number of pyridine rings is 2. The summed E-state index contributed by atoms with van der Waals surface area (Å²) in [6.07, 6.45) is 5.68. The Kier molecular flexibility index (Phi) is 7.37. The zero-order valence-corrected chi connectivity index (χ0v) is 22.4. The maximum Gasteiger partial charge on any atom is 0.226 e. The lowest BCUT2D eigenvalue weighted by Crippen LogP contribution is -2.33. The van der Waals surface area contributed by atoms with E-state index < -0.39 is 0 Å². The summed E-state index contributed by atoms with van der Waals surface area (Å²) in [6.45, 7) is 4.64. The fraction of sp³-hybridized carbons (Fsp3) is 0.241. The van der Waals surface area contributed by atoms with E-state index >= 15 is 0 Å². The van der Waals surface area contributed by atoms with E-state index in [0.717, 1.165) is 28.3 Å². The first-order valence-corrected chi connectivity index (χ1v) is 12.9. The van der Waals surface area contributed by atoms with E-state index in [-0.39, 0.29) is 24.4 Å². The van der Waals surface area contributed by atoms with E-state index in [0.29, 0.717) is 23.1 Å². The second-order valence-corrected chi connectivity index (χ2v) is 9.58. The first-order chi connectivity index (χ1) is 18.5. The topological polar surface area (TPSA) is 84.3 Å². The molecule has 2 atom stereocenters. The molecule has 4 aromatic rings. The summed E-state index contributed by atoms with van der Waals surface area (Å²) < 4.78 is 7.57. The van der Waals surface area contributed by atoms with Crippen molar-refractivity contribution in [3.05, 3.63) is 102 Å². The number of carbonyl (C=O) groups is 1. The van der Waals surface area contributed by atoms with Crippen LogP contribution in [0.25, 0.3) is 5.69 Å². The van der Waals surface area contributed by atoms with E-state index in [4.69, 9.17) is 17.0 Å². The molecule has 38 heavy (non-hydrogen) atoms. The van der Waals surface area contributed by atoms with Crippen molar-refractivity contribution in [2.75, 3.05) is 19.0 Å². The van der Waals surface area contributed by atoms with Crippen LogP contribution in [0.3, 0.4) is 0 Å². The van der Waals surface area contributed by atoms with Crippen LogP contribution < -0.4 is 15.4 Å². The van der Waals surface area contributed by atoms with Crippen LogP contribution in [0.4, 0.5) is 5.69 Å². The highest BCUT2D eigenvalue weighted by Gasteiger charge is 2.41. The molecule has 8 nitrogen and oxygen atoms in total. The molecule has 0 unspecified atom stereocenters. The SMILES string of the molecule is COc1ccccc1NC(=O)CCN1C(=S)N[C@H](c2ccccn2)[C@@H]1c1cc(C)n(-c2cccnc2)c1C. The minimum Gasteiger partial charge on any atom is -0.495 e. The van der Waals surface area contributed by atoms with Gasteiger partial charge in [-0.15, -0.1) is 0 Å². The van der Waals surface area contributed by atoms with E-state index in [1.807, 2.05) is 60.8 Å². The lowest BCUT2D eigenvalue weighted by atomic mass is 9.96. The summed E-state index contributed by atoms with van der Waals surface area (Å²) in [6, 6.07) is 19.1. The average molecular weight is 527 g/mol. The molecule has 1 aliphatic heterocycles. The zero-order chi connectivity index (χ0) is 26.6. The van der Waals surface area contributed by atoms with Crippen LogP contribution >= 0.6 is 12.2 Å². The number of hydrogen-bond acceptors (Lipinski definition) is 5. The summed E-state index contributed by atoms with van der Waals surface area (Å²) in [5.74, 6) is 0.508. The molecule has 1 saturated heterocycles. The second kappa shape index (κ2) is 11.0. The van der Waals surface area contributed by atoms with E-state index in [2.05, 4.69) is 50.0 Å². The third-order valence-electron chi connectivity index (χ3n) is 6.85. The molecule has 9 heteroatoms. The number of nitrogens with zero attached hydrogens (tertiary/aromatic N) is 4. The molecule has 4 heterocycles. The van der Waals surface area contributed by atoms with Gasteiger partial charge in [-0.05, 0) is 74.1 Å². The van der Waals surface area contributed by atoms with E-state index in [1.165, 1.54) is 0 Å². The highest BCUT2D eigenvalue weighted by atomic mass is 32.1. The van der Waals surface area contributed by atoms with Gasteiger partial charge in [-0.1, -0.05) is 18.2 Å². The van der Waals surface area contributed by atoms with Gasteiger partial charge >= 0.3 is 0 Å². The number of ether oxygens (including phenoxy) is 1. The van der Waals surface area contributed by atoms with Crippen LogP contribution in [0.5, 0.6) is 5.75 Å². The van der Waals surface area contributed by atoms with Crippen LogP contribution in [0.1, 0.15) is 41.1 Å². The number of nitrogens with one attached hydrogen (secondary N) is 2. The molecule has 0 aliphatic carbocycles. The summed E-state index contributed by atoms with van der Waals surface area (Å²) >= 11 is 5.81. The molecule has 3 aromatic heterocycles. The summed E-state index contributed by atoms with van der Waals surface area (Å²) in [4.78, 5) is 24.0. The van der Waals surface area contributed by atoms with Gasteiger partial charge in [0.15, 0.2) is 5.11 Å². The Balaban J connectivity index is 1.45. The highest BCUT2D eigenvalue weighted by Crippen LogP contribution is 2.41. The Morgan fingerprint density at radius 1 is 1.11 bits per heavy atom. The number of anilines is 1. The number of aryl methyl sites for hydroxylation is 1. The molecule has 5 rings (SSSR count). The van der Waals surface area contributed by atoms with Gasteiger partial charge in [0.25, 0.3) is 0 Å². The number of carbonyl (C=O) groups excluding carboxylic acids is 1. The van der Waals surface area contributed by atoms with Gasteiger partial charge in [0, 0.05) is 36.7 Å². The van der Waals surface area contributed by atoms with Gasteiger partial charge in [-0.25, -0.2) is 0 Å². The Labute approximate surface area is 227 Å². The summed E-state index contributed by atoms with van der Waals surface area (Å²) in [7, 11) is 1.59. The molecule has 1 fully saturated rings. The van der Waals surface area contributed by atoms with Crippen molar-refractivity contribution in [3.8, 4) is 11.4 Å². The first kappa shape index (κ1) is 25.4. The van der Waals surface area contributed by atoms with Crippen molar-refractivity contribution in [2.45, 2.75) is 32.4 Å². The van der Waals surface area contributed by atoms with E-state index in [9.17, 15) is 4.79 Å². The minimum absolute atomic E-state index is 0.113. The van der Waals surface area contributed by atoms with Gasteiger partial charge in [0.2, 0.25) is 5.91 Å². The minimum atomic E-state index is -0.163. The largest absolute Gasteiger partial charge is 0.495 e. The average Bonchev–Trinajstić information content (AvgIpc) is 3.42. The van der Waals surface area contributed by atoms with Gasteiger partial charge in [-0.3, -0.25) is 14.8 Å². The van der Waals surface area contributed by atoms with Crippen LogP contribution in [0, 0.1) is 13.8 Å². The number of methoxy groups -OCH3 is 1. The van der Waals surface area contributed by atoms with Crippen LogP contribution in [-0.2, 0) is 4.79 Å². The molecule has 0 spiro atoms. The number of aromatic nitrogens is 3. The molecule has 194 valence electrons. The first-order valence-electron chi connectivity index (χ1n) is 12.5. The van der Waals surface area contributed by atoms with Crippen molar-refractivity contribution >= 4 is 28.9 Å². The number of benzene rings is 1. The zero-order valence-electron chi connectivity index (χ0n) is 21.6. The van der Waals surface area contributed by atoms with E-state index in [1.54, 1.807) is 19.5 Å². The lowest BCUT2D eigenvalue weighted by molar-refractivity contribution is -0.116. The number of thiocarbonyl (C=S) groups is 1. The predicted molar refractivity (Wildman–Crippen MR) is 151 cm³/mol. The molecule has 1 amide bonds. The Hall–Kier alpha value is -4.24. The number of para-hydroxylation sites is 2. The smallest absolute Gasteiger partial charge is 0.226 e. The third kappa shape index (κ3) is 4.97. The fourth-order valence-electron chi connectivity index (χ4n) is 5.14. The van der Waals surface area contributed by atoms with Gasteiger partial charge in [0.1, 0.15) is 5.75 Å². The number of amides is 1. The molecule has 0 saturated carbocycles. The molecule has 0 bridgehead atoms. The number of rotatable bonds is 8. The van der Waals surface area contributed by atoms with Crippen molar-refractivity contribution < 1.29 is 9.53 Å². The molecule has 0 radical (unpaired) electrons. The standard InChI is InChI=1S/C29H30N6O2S/c1-19-17-22(20(2)35(19)21-9-8-14-30-18-21)28-27(24-11-6-7-15-31-24)33-29(38)34(28)16-13-26(36)32-23-10-4-5-12-25(23)37-3/h4-12,14-15,17-18,27-28H,13,16H2,1-3H3,(H,32,36)(H,33,38)/t27-,28+/m1/s1. The van der Waals surface area contributed by atoms with Crippen molar-refractivity contribution in [1.82, 2.24) is 24.8 Å². The van der Waals surface area contributed by atoms with Gasteiger partial charge in [-0.2, -0.15) is 0 Å².